The van der Waals surface area contributed by atoms with Crippen molar-refractivity contribution in [3.8, 4) is 11.8 Å². The molecule has 2 aromatic rings. The Kier molecular flexibility index (Phi) is 8.00. The van der Waals surface area contributed by atoms with Crippen LogP contribution >= 0.6 is 0 Å². The quantitative estimate of drug-likeness (QED) is 0.663. The number of esters is 1. The molecule has 29 heavy (non-hydrogen) atoms. The van der Waals surface area contributed by atoms with E-state index >= 15 is 0 Å². The first-order valence-corrected chi connectivity index (χ1v) is 8.95. The molecule has 152 valence electrons. The lowest BCUT2D eigenvalue weighted by Crippen LogP contribution is -2.37. The molecule has 0 radical (unpaired) electrons. The monoisotopic (exact) mass is 397 g/mol. The molecular formula is C21H23N3O5. The van der Waals surface area contributed by atoms with Gasteiger partial charge in [-0.15, -0.1) is 0 Å². The van der Waals surface area contributed by atoms with Crippen LogP contribution in [-0.4, -0.2) is 44.5 Å². The Morgan fingerprint density at radius 2 is 1.90 bits per heavy atom. The van der Waals surface area contributed by atoms with Gasteiger partial charge in [0.1, 0.15) is 5.75 Å². The summed E-state index contributed by atoms with van der Waals surface area (Å²) in [6, 6.07) is 13.3. The number of amides is 2. The van der Waals surface area contributed by atoms with E-state index in [4.69, 9.17) is 10.00 Å². The zero-order valence-electron chi connectivity index (χ0n) is 16.3. The number of hydrogen-bond acceptors (Lipinski definition) is 6. The largest absolute Gasteiger partial charge is 0.495 e. The van der Waals surface area contributed by atoms with Crippen LogP contribution in [0, 0.1) is 11.3 Å². The molecule has 2 rings (SSSR count). The minimum absolute atomic E-state index is 0.0555. The van der Waals surface area contributed by atoms with E-state index in [1.54, 1.807) is 42.5 Å². The van der Waals surface area contributed by atoms with Gasteiger partial charge in [-0.3, -0.25) is 9.69 Å². The molecule has 0 heterocycles. The van der Waals surface area contributed by atoms with Crippen LogP contribution in [0.4, 0.5) is 16.2 Å². The highest BCUT2D eigenvalue weighted by atomic mass is 16.5. The lowest BCUT2D eigenvalue weighted by molar-refractivity contribution is -0.140. The summed E-state index contributed by atoms with van der Waals surface area (Å²) in [5.74, 6) is 0.132. The normalized spacial score (nSPS) is 10.0. The molecule has 0 unspecified atom stereocenters. The van der Waals surface area contributed by atoms with Crippen molar-refractivity contribution in [1.29, 1.82) is 5.26 Å². The van der Waals surface area contributed by atoms with Crippen molar-refractivity contribution in [1.82, 2.24) is 0 Å². The van der Waals surface area contributed by atoms with E-state index in [2.05, 4.69) is 10.1 Å². The minimum Gasteiger partial charge on any atom is -0.495 e. The van der Waals surface area contributed by atoms with Crippen LogP contribution in [0.25, 0.3) is 0 Å². The summed E-state index contributed by atoms with van der Waals surface area (Å²) < 4.78 is 10.1. The maximum atomic E-state index is 12.8. The Balaban J connectivity index is 2.22. The van der Waals surface area contributed by atoms with Crippen molar-refractivity contribution in [2.75, 3.05) is 37.6 Å². The zero-order chi connectivity index (χ0) is 21.2. The SMILES string of the molecule is COC(=O)CCc1ccc(N(CCO)C(=O)Nc2ccc(C#N)cc2)c(OC)c1. The van der Waals surface area contributed by atoms with E-state index in [0.717, 1.165) is 5.56 Å². The van der Waals surface area contributed by atoms with Gasteiger partial charge in [0.05, 0.1) is 44.7 Å². The summed E-state index contributed by atoms with van der Waals surface area (Å²) in [6.07, 6.45) is 0.708. The van der Waals surface area contributed by atoms with Gasteiger partial charge in [-0.25, -0.2) is 4.79 Å². The molecule has 0 atom stereocenters. The van der Waals surface area contributed by atoms with Gasteiger partial charge >= 0.3 is 12.0 Å². The van der Waals surface area contributed by atoms with E-state index in [0.29, 0.717) is 29.1 Å². The third-order valence-electron chi connectivity index (χ3n) is 4.21. The number of benzene rings is 2. The predicted molar refractivity (Wildman–Crippen MR) is 108 cm³/mol. The molecule has 0 fully saturated rings. The fourth-order valence-electron chi connectivity index (χ4n) is 2.70. The summed E-state index contributed by atoms with van der Waals surface area (Å²) in [6.45, 7) is -0.186. The second kappa shape index (κ2) is 10.7. The Labute approximate surface area is 169 Å². The highest BCUT2D eigenvalue weighted by Gasteiger charge is 2.20. The van der Waals surface area contributed by atoms with E-state index in [1.165, 1.54) is 19.1 Å². The van der Waals surface area contributed by atoms with Gasteiger partial charge in [0.25, 0.3) is 0 Å². The second-order valence-electron chi connectivity index (χ2n) is 6.08. The van der Waals surface area contributed by atoms with Crippen molar-refractivity contribution in [3.05, 3.63) is 53.6 Å². The van der Waals surface area contributed by atoms with Crippen molar-refractivity contribution in [3.63, 3.8) is 0 Å². The molecule has 0 saturated carbocycles. The number of methoxy groups -OCH3 is 2. The van der Waals surface area contributed by atoms with Gasteiger partial charge in [0.15, 0.2) is 0 Å². The van der Waals surface area contributed by atoms with E-state index in [9.17, 15) is 14.7 Å². The number of ether oxygens (including phenoxy) is 2. The summed E-state index contributed by atoms with van der Waals surface area (Å²) in [5, 5.41) is 21.0. The lowest BCUT2D eigenvalue weighted by atomic mass is 10.1. The minimum atomic E-state index is -0.454. The van der Waals surface area contributed by atoms with Gasteiger partial charge in [-0.2, -0.15) is 5.26 Å². The number of hydrogen-bond donors (Lipinski definition) is 2. The van der Waals surface area contributed by atoms with Crippen molar-refractivity contribution in [2.24, 2.45) is 0 Å². The first-order valence-electron chi connectivity index (χ1n) is 8.95. The number of nitrogens with one attached hydrogen (secondary N) is 1. The molecule has 2 N–H and O–H groups in total. The Morgan fingerprint density at radius 3 is 2.48 bits per heavy atom. The number of aliphatic hydroxyl groups excluding tert-OH is 1. The fraction of sp³-hybridized carbons (Fsp3) is 0.286. The van der Waals surface area contributed by atoms with Crippen LogP contribution < -0.4 is 15.0 Å². The summed E-state index contributed by atoms with van der Waals surface area (Å²) in [5.41, 5.74) is 2.34. The molecule has 0 aliphatic rings. The number of aliphatic hydroxyl groups is 1. The van der Waals surface area contributed by atoms with Crippen LogP contribution in [0.2, 0.25) is 0 Å². The number of nitriles is 1. The molecular weight excluding hydrogens is 374 g/mol. The number of nitrogens with zero attached hydrogens (tertiary/aromatic N) is 2. The maximum Gasteiger partial charge on any atom is 0.326 e. The first-order chi connectivity index (χ1) is 14.0. The predicted octanol–water partition coefficient (Wildman–Crippen LogP) is 2.70. The highest BCUT2D eigenvalue weighted by molar-refractivity contribution is 6.02. The smallest absolute Gasteiger partial charge is 0.326 e. The number of anilines is 2. The van der Waals surface area contributed by atoms with Crippen molar-refractivity contribution >= 4 is 23.4 Å². The van der Waals surface area contributed by atoms with Crippen LogP contribution in [0.15, 0.2) is 42.5 Å². The van der Waals surface area contributed by atoms with Gasteiger partial charge in [-0.05, 0) is 48.4 Å². The van der Waals surface area contributed by atoms with Gasteiger partial charge in [0.2, 0.25) is 0 Å². The van der Waals surface area contributed by atoms with E-state index in [-0.39, 0.29) is 25.5 Å². The van der Waals surface area contributed by atoms with Crippen LogP contribution in [0.1, 0.15) is 17.5 Å². The third-order valence-corrected chi connectivity index (χ3v) is 4.21. The lowest BCUT2D eigenvalue weighted by Gasteiger charge is -2.24. The standard InChI is InChI=1S/C21H23N3O5/c1-28-19-13-15(6-10-20(26)29-2)5-9-18(19)24(11-12-25)21(27)23-17-7-3-16(14-22)4-8-17/h3-5,7-9,13,25H,6,10-12H2,1-2H3,(H,23,27). The van der Waals surface area contributed by atoms with Gasteiger partial charge in [0, 0.05) is 12.1 Å². The molecule has 8 heteroatoms. The average molecular weight is 397 g/mol. The number of carbonyl (C=O) groups is 2. The highest BCUT2D eigenvalue weighted by Crippen LogP contribution is 2.30. The molecule has 0 aliphatic carbocycles. The first kappa shape index (κ1) is 21.7. The molecule has 0 saturated heterocycles. The van der Waals surface area contributed by atoms with Gasteiger partial charge < -0.3 is 19.9 Å². The summed E-state index contributed by atoms with van der Waals surface area (Å²) >= 11 is 0. The fourth-order valence-corrected chi connectivity index (χ4v) is 2.70. The van der Waals surface area contributed by atoms with E-state index < -0.39 is 6.03 Å². The molecule has 8 nitrogen and oxygen atoms in total. The number of urea groups is 1. The topological polar surface area (TPSA) is 112 Å². The molecule has 0 bridgehead atoms. The van der Waals surface area contributed by atoms with Crippen molar-refractivity contribution in [2.45, 2.75) is 12.8 Å². The molecule has 2 amide bonds. The average Bonchev–Trinajstić information content (AvgIpc) is 2.76. The molecule has 0 aromatic heterocycles. The number of carbonyl (C=O) groups excluding carboxylic acids is 2. The zero-order valence-corrected chi connectivity index (χ0v) is 16.3. The number of aryl methyl sites for hydroxylation is 1. The summed E-state index contributed by atoms with van der Waals surface area (Å²) in [4.78, 5) is 25.5. The summed E-state index contributed by atoms with van der Waals surface area (Å²) in [7, 11) is 2.82. The second-order valence-corrected chi connectivity index (χ2v) is 6.08. The Bertz CT molecular complexity index is 890. The van der Waals surface area contributed by atoms with E-state index in [1.807, 2.05) is 6.07 Å². The van der Waals surface area contributed by atoms with Crippen LogP contribution in [0.3, 0.4) is 0 Å². The van der Waals surface area contributed by atoms with Crippen LogP contribution in [0.5, 0.6) is 5.75 Å². The molecule has 2 aromatic carbocycles. The third kappa shape index (κ3) is 5.96. The van der Waals surface area contributed by atoms with Crippen LogP contribution in [-0.2, 0) is 16.0 Å². The van der Waals surface area contributed by atoms with Gasteiger partial charge in [-0.1, -0.05) is 6.07 Å². The molecule has 0 spiro atoms. The maximum absolute atomic E-state index is 12.8. The Hall–Kier alpha value is -3.57. The molecule has 0 aliphatic heterocycles. The Morgan fingerprint density at radius 1 is 1.17 bits per heavy atom. The van der Waals surface area contributed by atoms with Crippen molar-refractivity contribution < 1.29 is 24.2 Å². The number of rotatable bonds is 8.